The van der Waals surface area contributed by atoms with Crippen molar-refractivity contribution < 1.29 is 4.39 Å². The van der Waals surface area contributed by atoms with Gasteiger partial charge in [-0.1, -0.05) is 11.6 Å². The average Bonchev–Trinajstić information content (AvgIpc) is 3.04. The second-order valence-electron chi connectivity index (χ2n) is 5.01. The van der Waals surface area contributed by atoms with Gasteiger partial charge < -0.3 is 10.6 Å². The number of benzene rings is 1. The number of rotatable bonds is 4. The second-order valence-corrected chi connectivity index (χ2v) is 5.42. The van der Waals surface area contributed by atoms with Crippen LogP contribution in [0.5, 0.6) is 0 Å². The zero-order chi connectivity index (χ0) is 12.6. The van der Waals surface area contributed by atoms with E-state index in [9.17, 15) is 4.39 Å². The number of nitrogens with two attached hydrogens (primary N) is 1. The molecule has 0 spiro atoms. The maximum absolute atomic E-state index is 13.3. The van der Waals surface area contributed by atoms with Gasteiger partial charge >= 0.3 is 0 Å². The van der Waals surface area contributed by atoms with E-state index in [0.717, 1.165) is 18.2 Å². The maximum atomic E-state index is 13.3. The van der Waals surface area contributed by atoms with Gasteiger partial charge in [-0.05, 0) is 38.7 Å². The molecular weight excluding hydrogens is 239 g/mol. The van der Waals surface area contributed by atoms with Gasteiger partial charge in [-0.15, -0.1) is 0 Å². The highest BCUT2D eigenvalue weighted by Crippen LogP contribution is 2.36. The Hall–Kier alpha value is -0.960. The minimum absolute atomic E-state index is 0.135. The molecule has 2 N–H and O–H groups in total. The van der Waals surface area contributed by atoms with Crippen LogP contribution >= 0.6 is 11.6 Å². The Bertz CT molecular complexity index is 416. The van der Waals surface area contributed by atoms with E-state index in [2.05, 4.69) is 18.7 Å². The molecule has 0 aromatic heterocycles. The first kappa shape index (κ1) is 12.5. The van der Waals surface area contributed by atoms with Crippen LogP contribution in [0, 0.1) is 11.7 Å². The number of halogens is 2. The SMILES string of the molecule is CC(C)N(CC1CC1)c1cc(Cl)c(F)cc1N. The van der Waals surface area contributed by atoms with Crippen LogP contribution in [0.15, 0.2) is 12.1 Å². The Morgan fingerprint density at radius 2 is 2.12 bits per heavy atom. The van der Waals surface area contributed by atoms with Crippen LogP contribution in [-0.2, 0) is 0 Å². The number of nitrogens with zero attached hydrogens (tertiary/aromatic N) is 1. The highest BCUT2D eigenvalue weighted by molar-refractivity contribution is 6.31. The highest BCUT2D eigenvalue weighted by Gasteiger charge is 2.26. The summed E-state index contributed by atoms with van der Waals surface area (Å²) in [6.45, 7) is 5.20. The molecule has 1 aromatic carbocycles. The average molecular weight is 257 g/mol. The molecule has 0 unspecified atom stereocenters. The van der Waals surface area contributed by atoms with E-state index in [0.29, 0.717) is 11.7 Å². The van der Waals surface area contributed by atoms with Gasteiger partial charge in [-0.3, -0.25) is 0 Å². The fraction of sp³-hybridized carbons (Fsp3) is 0.538. The minimum atomic E-state index is -0.456. The third kappa shape index (κ3) is 2.83. The smallest absolute Gasteiger partial charge is 0.143 e. The zero-order valence-electron chi connectivity index (χ0n) is 10.2. The highest BCUT2D eigenvalue weighted by atomic mass is 35.5. The molecule has 0 saturated heterocycles. The standard InChI is InChI=1S/C13H18ClFN2/c1-8(2)17(7-9-3-4-9)13-5-10(14)11(15)6-12(13)16/h5-6,8-9H,3-4,7,16H2,1-2H3. The molecule has 0 atom stereocenters. The molecule has 0 bridgehead atoms. The van der Waals surface area contributed by atoms with Gasteiger partial charge in [0.2, 0.25) is 0 Å². The van der Waals surface area contributed by atoms with Crippen molar-refractivity contribution in [2.24, 2.45) is 5.92 Å². The molecule has 4 heteroatoms. The number of hydrogen-bond donors (Lipinski definition) is 1. The van der Waals surface area contributed by atoms with Gasteiger partial charge in [0.1, 0.15) is 5.82 Å². The van der Waals surface area contributed by atoms with E-state index < -0.39 is 5.82 Å². The quantitative estimate of drug-likeness (QED) is 0.833. The molecule has 1 fully saturated rings. The zero-order valence-corrected chi connectivity index (χ0v) is 11.0. The van der Waals surface area contributed by atoms with E-state index in [1.165, 1.54) is 18.9 Å². The molecule has 2 rings (SSSR count). The van der Waals surface area contributed by atoms with Crippen LogP contribution < -0.4 is 10.6 Å². The Kier molecular flexibility index (Phi) is 3.48. The third-order valence-electron chi connectivity index (χ3n) is 3.15. The molecule has 0 aliphatic heterocycles. The molecule has 0 radical (unpaired) electrons. The first-order valence-corrected chi connectivity index (χ1v) is 6.38. The monoisotopic (exact) mass is 256 g/mol. The number of anilines is 2. The lowest BCUT2D eigenvalue weighted by Crippen LogP contribution is -2.33. The van der Waals surface area contributed by atoms with Gasteiger partial charge in [0.15, 0.2) is 0 Å². The summed E-state index contributed by atoms with van der Waals surface area (Å²) in [6, 6.07) is 3.27. The van der Waals surface area contributed by atoms with E-state index in [1.54, 1.807) is 6.07 Å². The van der Waals surface area contributed by atoms with Crippen LogP contribution in [0.25, 0.3) is 0 Å². The fourth-order valence-electron chi connectivity index (χ4n) is 1.97. The minimum Gasteiger partial charge on any atom is -0.397 e. The van der Waals surface area contributed by atoms with Crippen LogP contribution in [0.2, 0.25) is 5.02 Å². The van der Waals surface area contributed by atoms with Crippen molar-refractivity contribution in [2.45, 2.75) is 32.7 Å². The first-order valence-electron chi connectivity index (χ1n) is 6.00. The van der Waals surface area contributed by atoms with Crippen molar-refractivity contribution >= 4 is 23.0 Å². The van der Waals surface area contributed by atoms with Crippen molar-refractivity contribution in [3.8, 4) is 0 Å². The van der Waals surface area contributed by atoms with Crippen LogP contribution in [0.1, 0.15) is 26.7 Å². The van der Waals surface area contributed by atoms with E-state index in [1.807, 2.05) is 0 Å². The second kappa shape index (κ2) is 4.73. The summed E-state index contributed by atoms with van der Waals surface area (Å²) in [5, 5.41) is 0.135. The van der Waals surface area contributed by atoms with Gasteiger partial charge in [-0.25, -0.2) is 4.39 Å². The van der Waals surface area contributed by atoms with Crippen LogP contribution in [0.4, 0.5) is 15.8 Å². The number of hydrogen-bond acceptors (Lipinski definition) is 2. The molecule has 0 amide bonds. The molecule has 2 nitrogen and oxygen atoms in total. The summed E-state index contributed by atoms with van der Waals surface area (Å²) in [7, 11) is 0. The van der Waals surface area contributed by atoms with Crippen molar-refractivity contribution in [1.29, 1.82) is 0 Å². The van der Waals surface area contributed by atoms with Crippen molar-refractivity contribution in [1.82, 2.24) is 0 Å². The maximum Gasteiger partial charge on any atom is 0.143 e. The molecule has 94 valence electrons. The lowest BCUT2D eigenvalue weighted by atomic mass is 10.2. The van der Waals surface area contributed by atoms with Crippen molar-refractivity contribution in [3.63, 3.8) is 0 Å². The molecule has 1 aliphatic rings. The van der Waals surface area contributed by atoms with Gasteiger partial charge in [0.25, 0.3) is 0 Å². The summed E-state index contributed by atoms with van der Waals surface area (Å²) in [5.74, 6) is 0.295. The summed E-state index contributed by atoms with van der Waals surface area (Å²) in [6.07, 6.45) is 2.55. The normalized spacial score (nSPS) is 15.4. The molecule has 1 aliphatic carbocycles. The summed E-state index contributed by atoms with van der Waals surface area (Å²) in [4.78, 5) is 2.21. The topological polar surface area (TPSA) is 29.3 Å². The molecular formula is C13H18ClFN2. The summed E-state index contributed by atoms with van der Waals surface area (Å²) in [5.41, 5.74) is 7.19. The Morgan fingerprint density at radius 3 is 2.65 bits per heavy atom. The third-order valence-corrected chi connectivity index (χ3v) is 3.44. The van der Waals surface area contributed by atoms with Crippen molar-refractivity contribution in [2.75, 3.05) is 17.2 Å². The van der Waals surface area contributed by atoms with Crippen LogP contribution in [-0.4, -0.2) is 12.6 Å². The van der Waals surface area contributed by atoms with Gasteiger partial charge in [-0.2, -0.15) is 0 Å². The fourth-order valence-corrected chi connectivity index (χ4v) is 2.12. The lowest BCUT2D eigenvalue weighted by molar-refractivity contribution is 0.624. The molecule has 17 heavy (non-hydrogen) atoms. The number of nitrogen functional groups attached to an aromatic ring is 1. The first-order chi connectivity index (χ1) is 7.99. The predicted octanol–water partition coefficient (Wildman–Crippen LogP) is 3.69. The Labute approximate surface area is 107 Å². The molecule has 1 aromatic rings. The van der Waals surface area contributed by atoms with Gasteiger partial charge in [0, 0.05) is 18.7 Å². The van der Waals surface area contributed by atoms with Gasteiger partial charge in [0.05, 0.1) is 16.4 Å². The van der Waals surface area contributed by atoms with Crippen molar-refractivity contribution in [3.05, 3.63) is 23.0 Å². The summed E-state index contributed by atoms with van der Waals surface area (Å²) < 4.78 is 13.3. The molecule has 1 saturated carbocycles. The van der Waals surface area contributed by atoms with E-state index in [4.69, 9.17) is 17.3 Å². The molecule has 0 heterocycles. The Balaban J connectivity index is 2.30. The van der Waals surface area contributed by atoms with E-state index >= 15 is 0 Å². The van der Waals surface area contributed by atoms with E-state index in [-0.39, 0.29) is 5.02 Å². The largest absolute Gasteiger partial charge is 0.397 e. The predicted molar refractivity (Wildman–Crippen MR) is 71.0 cm³/mol. The Morgan fingerprint density at radius 1 is 1.47 bits per heavy atom. The summed E-state index contributed by atoms with van der Waals surface area (Å²) >= 11 is 5.83. The lowest BCUT2D eigenvalue weighted by Gasteiger charge is -2.30. The van der Waals surface area contributed by atoms with Crippen LogP contribution in [0.3, 0.4) is 0 Å².